The monoisotopic (exact) mass is 348 g/mol. The van der Waals surface area contributed by atoms with Crippen molar-refractivity contribution in [1.82, 2.24) is 0 Å². The van der Waals surface area contributed by atoms with Crippen LogP contribution in [0.1, 0.15) is 23.2 Å². The fourth-order valence-corrected chi connectivity index (χ4v) is 2.37. The van der Waals surface area contributed by atoms with E-state index in [1.807, 2.05) is 0 Å². The summed E-state index contributed by atoms with van der Waals surface area (Å²) in [7, 11) is 0. The molecule has 2 N–H and O–H groups in total. The molecular weight excluding hydrogens is 335 g/mol. The summed E-state index contributed by atoms with van der Waals surface area (Å²) in [6.45, 7) is 0. The first kappa shape index (κ1) is 15.8. The third kappa shape index (κ3) is 4.03. The third-order valence-electron chi connectivity index (χ3n) is 3.54. The lowest BCUT2D eigenvalue weighted by atomic mass is 10.2. The molecule has 0 spiro atoms. The largest absolute Gasteiger partial charge is 0.326 e. The molecule has 23 heavy (non-hydrogen) atoms. The van der Waals surface area contributed by atoms with Crippen LogP contribution in [0.25, 0.3) is 0 Å². The van der Waals surface area contributed by atoms with Crippen LogP contribution in [0.4, 0.5) is 11.4 Å². The van der Waals surface area contributed by atoms with Gasteiger partial charge < -0.3 is 10.6 Å². The van der Waals surface area contributed by atoms with Gasteiger partial charge in [-0.15, -0.1) is 0 Å². The van der Waals surface area contributed by atoms with Crippen molar-refractivity contribution in [2.75, 3.05) is 10.6 Å². The summed E-state index contributed by atoms with van der Waals surface area (Å²) in [5, 5.41) is 6.35. The van der Waals surface area contributed by atoms with Crippen molar-refractivity contribution in [2.45, 2.75) is 12.8 Å². The van der Waals surface area contributed by atoms with E-state index in [-0.39, 0.29) is 17.7 Å². The van der Waals surface area contributed by atoms with E-state index in [9.17, 15) is 9.59 Å². The van der Waals surface area contributed by atoms with Crippen LogP contribution in [0, 0.1) is 5.92 Å². The Kier molecular flexibility index (Phi) is 4.55. The van der Waals surface area contributed by atoms with Crippen LogP contribution in [0.15, 0.2) is 42.5 Å². The van der Waals surface area contributed by atoms with Gasteiger partial charge >= 0.3 is 0 Å². The van der Waals surface area contributed by atoms with Gasteiger partial charge in [0.15, 0.2) is 0 Å². The Morgan fingerprint density at radius 3 is 2.04 bits per heavy atom. The van der Waals surface area contributed by atoms with Crippen LogP contribution in [-0.4, -0.2) is 11.8 Å². The predicted molar refractivity (Wildman–Crippen MR) is 92.2 cm³/mol. The van der Waals surface area contributed by atoms with Gasteiger partial charge in [0.25, 0.3) is 5.91 Å². The first-order valence-corrected chi connectivity index (χ1v) is 7.96. The molecule has 0 aromatic heterocycles. The normalized spacial score (nSPS) is 13.5. The van der Waals surface area contributed by atoms with E-state index in [0.29, 0.717) is 21.3 Å². The van der Waals surface area contributed by atoms with Gasteiger partial charge in [-0.2, -0.15) is 0 Å². The SMILES string of the molecule is O=C(Nc1ccc(NC(=O)C2CC2)cc1)c1ccc(Cl)c(Cl)c1. The molecule has 0 radical (unpaired) electrons. The molecule has 0 unspecified atom stereocenters. The summed E-state index contributed by atoms with van der Waals surface area (Å²) < 4.78 is 0. The van der Waals surface area contributed by atoms with Crippen LogP contribution in [-0.2, 0) is 4.79 Å². The molecule has 118 valence electrons. The fourth-order valence-electron chi connectivity index (χ4n) is 2.07. The van der Waals surface area contributed by atoms with E-state index in [4.69, 9.17) is 23.2 Å². The van der Waals surface area contributed by atoms with Gasteiger partial charge in [0, 0.05) is 22.9 Å². The third-order valence-corrected chi connectivity index (χ3v) is 4.28. The highest BCUT2D eigenvalue weighted by atomic mass is 35.5. The molecule has 6 heteroatoms. The van der Waals surface area contributed by atoms with E-state index >= 15 is 0 Å². The molecule has 1 fully saturated rings. The minimum atomic E-state index is -0.279. The van der Waals surface area contributed by atoms with E-state index in [1.54, 1.807) is 36.4 Å². The average molecular weight is 349 g/mol. The second-order valence-corrected chi connectivity index (χ2v) is 6.24. The number of carbonyl (C=O) groups excluding carboxylic acids is 2. The van der Waals surface area contributed by atoms with Crippen molar-refractivity contribution >= 4 is 46.4 Å². The zero-order chi connectivity index (χ0) is 16.4. The topological polar surface area (TPSA) is 58.2 Å². The summed E-state index contributed by atoms with van der Waals surface area (Å²) in [5.74, 6) is -0.0695. The summed E-state index contributed by atoms with van der Waals surface area (Å²) >= 11 is 11.7. The van der Waals surface area contributed by atoms with Gasteiger partial charge in [-0.05, 0) is 55.3 Å². The van der Waals surface area contributed by atoms with Gasteiger partial charge in [-0.1, -0.05) is 23.2 Å². The van der Waals surface area contributed by atoms with E-state index in [1.165, 1.54) is 6.07 Å². The summed E-state index contributed by atoms with van der Waals surface area (Å²) in [6.07, 6.45) is 1.92. The number of benzene rings is 2. The lowest BCUT2D eigenvalue weighted by Crippen LogP contribution is -2.14. The molecule has 3 rings (SSSR count). The van der Waals surface area contributed by atoms with E-state index < -0.39 is 0 Å². The number of hydrogen-bond donors (Lipinski definition) is 2. The maximum atomic E-state index is 12.2. The average Bonchev–Trinajstić information content (AvgIpc) is 3.36. The maximum absolute atomic E-state index is 12.2. The highest BCUT2D eigenvalue weighted by Gasteiger charge is 2.29. The molecule has 4 nitrogen and oxygen atoms in total. The Morgan fingerprint density at radius 2 is 1.48 bits per heavy atom. The number of amides is 2. The number of nitrogens with one attached hydrogen (secondary N) is 2. The van der Waals surface area contributed by atoms with Gasteiger partial charge in [0.05, 0.1) is 10.0 Å². The lowest BCUT2D eigenvalue weighted by molar-refractivity contribution is -0.117. The van der Waals surface area contributed by atoms with Gasteiger partial charge in [0.1, 0.15) is 0 Å². The number of hydrogen-bond acceptors (Lipinski definition) is 2. The second kappa shape index (κ2) is 6.60. The van der Waals surface area contributed by atoms with Gasteiger partial charge in [-0.25, -0.2) is 0 Å². The second-order valence-electron chi connectivity index (χ2n) is 5.42. The van der Waals surface area contributed by atoms with Crippen molar-refractivity contribution in [3.8, 4) is 0 Å². The first-order valence-electron chi connectivity index (χ1n) is 7.20. The number of anilines is 2. The number of rotatable bonds is 4. The van der Waals surface area contributed by atoms with Crippen LogP contribution < -0.4 is 10.6 Å². The molecular formula is C17H14Cl2N2O2. The standard InChI is InChI=1S/C17H14Cl2N2O2/c18-14-8-3-11(9-15(14)19)17(23)21-13-6-4-12(5-7-13)20-16(22)10-1-2-10/h3-10H,1-2H2,(H,20,22)(H,21,23). The summed E-state index contributed by atoms with van der Waals surface area (Å²) in [4.78, 5) is 23.8. The van der Waals surface area contributed by atoms with Gasteiger partial charge in [-0.3, -0.25) is 9.59 Å². The Bertz CT molecular complexity index is 756. The van der Waals surface area contributed by atoms with Gasteiger partial charge in [0.2, 0.25) is 5.91 Å². The minimum absolute atomic E-state index is 0.0533. The maximum Gasteiger partial charge on any atom is 0.255 e. The predicted octanol–water partition coefficient (Wildman–Crippen LogP) is 4.59. The zero-order valence-electron chi connectivity index (χ0n) is 12.1. The smallest absolute Gasteiger partial charge is 0.255 e. The number of carbonyl (C=O) groups is 2. The molecule has 0 heterocycles. The Hall–Kier alpha value is -2.04. The number of halogens is 2. The summed E-state index contributed by atoms with van der Waals surface area (Å²) in [6, 6.07) is 11.7. The molecule has 1 aliphatic rings. The minimum Gasteiger partial charge on any atom is -0.326 e. The van der Waals surface area contributed by atoms with Crippen molar-refractivity contribution in [3.05, 3.63) is 58.1 Å². The van der Waals surface area contributed by atoms with Crippen molar-refractivity contribution in [2.24, 2.45) is 5.92 Å². The molecule has 2 aromatic carbocycles. The molecule has 0 saturated heterocycles. The molecule has 0 aliphatic heterocycles. The van der Waals surface area contributed by atoms with E-state index in [0.717, 1.165) is 18.5 Å². The van der Waals surface area contributed by atoms with E-state index in [2.05, 4.69) is 10.6 Å². The molecule has 0 bridgehead atoms. The molecule has 0 atom stereocenters. The molecule has 2 amide bonds. The quantitative estimate of drug-likeness (QED) is 0.848. The van der Waals surface area contributed by atoms with Crippen LogP contribution in [0.3, 0.4) is 0 Å². The van der Waals surface area contributed by atoms with Crippen molar-refractivity contribution in [1.29, 1.82) is 0 Å². The Balaban J connectivity index is 1.63. The van der Waals surface area contributed by atoms with Crippen LogP contribution in [0.5, 0.6) is 0 Å². The Labute approximate surface area is 143 Å². The van der Waals surface area contributed by atoms with Crippen molar-refractivity contribution < 1.29 is 9.59 Å². The highest BCUT2D eigenvalue weighted by Crippen LogP contribution is 2.30. The van der Waals surface area contributed by atoms with Crippen LogP contribution in [0.2, 0.25) is 10.0 Å². The highest BCUT2D eigenvalue weighted by molar-refractivity contribution is 6.42. The van der Waals surface area contributed by atoms with Crippen molar-refractivity contribution in [3.63, 3.8) is 0 Å². The molecule has 2 aromatic rings. The Morgan fingerprint density at radius 1 is 0.870 bits per heavy atom. The summed E-state index contributed by atoms with van der Waals surface area (Å²) in [5.41, 5.74) is 1.77. The fraction of sp³-hybridized carbons (Fsp3) is 0.176. The lowest BCUT2D eigenvalue weighted by Gasteiger charge is -2.08. The van der Waals surface area contributed by atoms with Crippen LogP contribution >= 0.6 is 23.2 Å². The molecule has 1 saturated carbocycles. The zero-order valence-corrected chi connectivity index (χ0v) is 13.6. The molecule has 1 aliphatic carbocycles. The first-order chi connectivity index (χ1) is 11.0.